The maximum atomic E-state index is 13.8. The van der Waals surface area contributed by atoms with E-state index in [1.807, 2.05) is 4.90 Å². The van der Waals surface area contributed by atoms with Gasteiger partial charge in [0, 0.05) is 30.3 Å². The molecule has 1 aliphatic heterocycles. The SMILES string of the molecule is NCCOC1CCN(c2ncc(Br)cc2F)CC1. The summed E-state index contributed by atoms with van der Waals surface area (Å²) in [6.45, 7) is 2.67. The molecule has 100 valence electrons. The van der Waals surface area contributed by atoms with Gasteiger partial charge < -0.3 is 15.4 Å². The van der Waals surface area contributed by atoms with E-state index in [-0.39, 0.29) is 11.9 Å². The predicted octanol–water partition coefficient (Wildman–Crippen LogP) is 1.93. The van der Waals surface area contributed by atoms with Crippen molar-refractivity contribution in [3.05, 3.63) is 22.6 Å². The third kappa shape index (κ3) is 3.40. The van der Waals surface area contributed by atoms with Crippen LogP contribution in [0.2, 0.25) is 0 Å². The summed E-state index contributed by atoms with van der Waals surface area (Å²) in [6, 6.07) is 1.44. The molecule has 2 rings (SSSR count). The molecule has 0 aromatic carbocycles. The number of anilines is 1. The first-order valence-electron chi connectivity index (χ1n) is 6.08. The average Bonchev–Trinajstić information content (AvgIpc) is 2.37. The van der Waals surface area contributed by atoms with E-state index in [2.05, 4.69) is 20.9 Å². The Balaban J connectivity index is 1.93. The Morgan fingerprint density at radius 3 is 2.83 bits per heavy atom. The fourth-order valence-electron chi connectivity index (χ4n) is 2.11. The molecule has 0 amide bonds. The molecule has 1 saturated heterocycles. The quantitative estimate of drug-likeness (QED) is 0.922. The lowest BCUT2D eigenvalue weighted by molar-refractivity contribution is 0.0420. The standard InChI is InChI=1S/C12H17BrFN3O/c13-9-7-11(14)12(16-8-9)17-4-1-10(2-5-17)18-6-3-15/h7-8,10H,1-6,15H2. The van der Waals surface area contributed by atoms with Crippen molar-refractivity contribution >= 4 is 21.7 Å². The van der Waals surface area contributed by atoms with Gasteiger partial charge in [0.1, 0.15) is 0 Å². The molecule has 1 aliphatic rings. The molecular formula is C12H17BrFN3O. The van der Waals surface area contributed by atoms with E-state index in [1.54, 1.807) is 6.20 Å². The van der Waals surface area contributed by atoms with Crippen LogP contribution in [0.25, 0.3) is 0 Å². The van der Waals surface area contributed by atoms with Gasteiger partial charge in [-0.3, -0.25) is 0 Å². The second kappa shape index (κ2) is 6.45. The van der Waals surface area contributed by atoms with E-state index in [0.29, 0.717) is 23.4 Å². The Bertz CT molecular complexity index is 397. The number of pyridine rings is 1. The zero-order chi connectivity index (χ0) is 13.0. The number of piperidine rings is 1. The van der Waals surface area contributed by atoms with E-state index in [4.69, 9.17) is 10.5 Å². The van der Waals surface area contributed by atoms with E-state index in [1.165, 1.54) is 6.07 Å². The molecule has 0 atom stereocenters. The zero-order valence-corrected chi connectivity index (χ0v) is 11.7. The molecule has 0 bridgehead atoms. The lowest BCUT2D eigenvalue weighted by Gasteiger charge is -2.32. The molecule has 0 spiro atoms. The van der Waals surface area contributed by atoms with Gasteiger partial charge >= 0.3 is 0 Å². The normalized spacial score (nSPS) is 17.2. The fraction of sp³-hybridized carbons (Fsp3) is 0.583. The molecule has 0 unspecified atom stereocenters. The van der Waals surface area contributed by atoms with E-state index in [9.17, 15) is 4.39 Å². The highest BCUT2D eigenvalue weighted by Crippen LogP contribution is 2.24. The summed E-state index contributed by atoms with van der Waals surface area (Å²) >= 11 is 3.21. The van der Waals surface area contributed by atoms with E-state index in [0.717, 1.165) is 25.9 Å². The molecule has 2 N–H and O–H groups in total. The van der Waals surface area contributed by atoms with E-state index < -0.39 is 0 Å². The highest BCUT2D eigenvalue weighted by atomic mass is 79.9. The lowest BCUT2D eigenvalue weighted by Crippen LogP contribution is -2.38. The molecule has 2 heterocycles. The molecule has 4 nitrogen and oxygen atoms in total. The highest BCUT2D eigenvalue weighted by Gasteiger charge is 2.22. The fourth-order valence-corrected chi connectivity index (χ4v) is 2.41. The van der Waals surface area contributed by atoms with Crippen LogP contribution in [-0.2, 0) is 4.74 Å². The van der Waals surface area contributed by atoms with Gasteiger partial charge in [-0.1, -0.05) is 0 Å². The van der Waals surface area contributed by atoms with Gasteiger partial charge in [0.05, 0.1) is 12.7 Å². The topological polar surface area (TPSA) is 51.4 Å². The molecular weight excluding hydrogens is 301 g/mol. The minimum absolute atomic E-state index is 0.239. The van der Waals surface area contributed by atoms with Gasteiger partial charge in [0.15, 0.2) is 11.6 Å². The van der Waals surface area contributed by atoms with Crippen molar-refractivity contribution < 1.29 is 9.13 Å². The number of ether oxygens (including phenoxy) is 1. The van der Waals surface area contributed by atoms with Gasteiger partial charge in [-0.05, 0) is 34.8 Å². The van der Waals surface area contributed by atoms with E-state index >= 15 is 0 Å². The van der Waals surface area contributed by atoms with Crippen LogP contribution in [0.5, 0.6) is 0 Å². The summed E-state index contributed by atoms with van der Waals surface area (Å²) in [5.74, 6) is 0.140. The van der Waals surface area contributed by atoms with Crippen molar-refractivity contribution in [3.63, 3.8) is 0 Å². The molecule has 0 aliphatic carbocycles. The lowest BCUT2D eigenvalue weighted by atomic mass is 10.1. The Kier molecular flexibility index (Phi) is 4.91. The van der Waals surface area contributed by atoms with Gasteiger partial charge in [0.2, 0.25) is 0 Å². The molecule has 6 heteroatoms. The van der Waals surface area contributed by atoms with Crippen LogP contribution < -0.4 is 10.6 Å². The Labute approximate surface area is 114 Å². The first-order valence-corrected chi connectivity index (χ1v) is 6.87. The molecule has 0 saturated carbocycles. The first-order chi connectivity index (χ1) is 8.70. The zero-order valence-electron chi connectivity index (χ0n) is 10.1. The smallest absolute Gasteiger partial charge is 0.166 e. The van der Waals surface area contributed by atoms with Crippen LogP contribution >= 0.6 is 15.9 Å². The summed E-state index contributed by atoms with van der Waals surface area (Å²) < 4.78 is 20.0. The van der Waals surface area contributed by atoms with Crippen molar-refractivity contribution in [2.24, 2.45) is 5.73 Å². The van der Waals surface area contributed by atoms with Gasteiger partial charge in [-0.15, -0.1) is 0 Å². The van der Waals surface area contributed by atoms with Crippen LogP contribution in [0.3, 0.4) is 0 Å². The second-order valence-corrected chi connectivity index (χ2v) is 5.22. The summed E-state index contributed by atoms with van der Waals surface area (Å²) in [4.78, 5) is 6.09. The van der Waals surface area contributed by atoms with Gasteiger partial charge in [-0.2, -0.15) is 0 Å². The predicted molar refractivity (Wildman–Crippen MR) is 72.1 cm³/mol. The number of aromatic nitrogens is 1. The van der Waals surface area contributed by atoms with Crippen LogP contribution in [0, 0.1) is 5.82 Å². The van der Waals surface area contributed by atoms with Crippen LogP contribution in [0.1, 0.15) is 12.8 Å². The Morgan fingerprint density at radius 2 is 2.22 bits per heavy atom. The molecule has 1 fully saturated rings. The monoisotopic (exact) mass is 317 g/mol. The van der Waals surface area contributed by atoms with Gasteiger partial charge in [-0.25, -0.2) is 9.37 Å². The number of hydrogen-bond acceptors (Lipinski definition) is 4. The minimum Gasteiger partial charge on any atom is -0.377 e. The van der Waals surface area contributed by atoms with Crippen molar-refractivity contribution in [3.8, 4) is 0 Å². The molecule has 1 aromatic heterocycles. The Morgan fingerprint density at radius 1 is 1.50 bits per heavy atom. The molecule has 0 radical (unpaired) electrons. The summed E-state index contributed by atoms with van der Waals surface area (Å²) in [5.41, 5.74) is 5.40. The Hall–Kier alpha value is -0.720. The largest absolute Gasteiger partial charge is 0.377 e. The summed E-state index contributed by atoms with van der Waals surface area (Å²) in [7, 11) is 0. The van der Waals surface area contributed by atoms with Gasteiger partial charge in [0.25, 0.3) is 0 Å². The number of hydrogen-bond donors (Lipinski definition) is 1. The van der Waals surface area contributed by atoms with Crippen molar-refractivity contribution in [2.45, 2.75) is 18.9 Å². The summed E-state index contributed by atoms with van der Waals surface area (Å²) in [6.07, 6.45) is 3.63. The minimum atomic E-state index is -0.286. The van der Waals surface area contributed by atoms with Crippen molar-refractivity contribution in [2.75, 3.05) is 31.1 Å². The van der Waals surface area contributed by atoms with Crippen molar-refractivity contribution in [1.82, 2.24) is 4.98 Å². The average molecular weight is 318 g/mol. The number of nitrogens with two attached hydrogens (primary N) is 1. The highest BCUT2D eigenvalue weighted by molar-refractivity contribution is 9.10. The first kappa shape index (κ1) is 13.7. The third-order valence-electron chi connectivity index (χ3n) is 3.00. The van der Waals surface area contributed by atoms with Crippen LogP contribution in [0.15, 0.2) is 16.7 Å². The van der Waals surface area contributed by atoms with Crippen LogP contribution in [-0.4, -0.2) is 37.3 Å². The van der Waals surface area contributed by atoms with Crippen LogP contribution in [0.4, 0.5) is 10.2 Å². The number of halogens is 2. The number of rotatable bonds is 4. The number of nitrogens with zero attached hydrogens (tertiary/aromatic N) is 2. The molecule has 18 heavy (non-hydrogen) atoms. The maximum absolute atomic E-state index is 13.8. The third-order valence-corrected chi connectivity index (χ3v) is 3.43. The maximum Gasteiger partial charge on any atom is 0.166 e. The second-order valence-electron chi connectivity index (χ2n) is 4.30. The molecule has 1 aromatic rings. The summed E-state index contributed by atoms with van der Waals surface area (Å²) in [5, 5.41) is 0. The van der Waals surface area contributed by atoms with Crippen molar-refractivity contribution in [1.29, 1.82) is 0 Å².